The fourth-order valence-electron chi connectivity index (χ4n) is 2.80. The van der Waals surface area contributed by atoms with Crippen LogP contribution in [0.2, 0.25) is 5.02 Å². The molecule has 0 radical (unpaired) electrons. The van der Waals surface area contributed by atoms with Crippen LogP contribution in [0.4, 0.5) is 11.8 Å². The molecule has 112 valence electrons. The third kappa shape index (κ3) is 3.33. The Balaban J connectivity index is 2.11. The lowest BCUT2D eigenvalue weighted by atomic mass is 10.2. The standard InChI is InChI=1S/C14H24ClN5/c1-4-16-14-17-9-12(15)13(18-14)20-8-7-11(10-20)19(5-2)6-3/h9,11H,4-8,10H2,1-3H3,(H,16,17,18). The van der Waals surface area contributed by atoms with Gasteiger partial charge in [0.1, 0.15) is 5.02 Å². The third-order valence-corrected chi connectivity index (χ3v) is 4.12. The normalized spacial score (nSPS) is 18.9. The van der Waals surface area contributed by atoms with Crippen LogP contribution in [0, 0.1) is 0 Å². The van der Waals surface area contributed by atoms with Gasteiger partial charge in [0.15, 0.2) is 5.82 Å². The van der Waals surface area contributed by atoms with E-state index in [4.69, 9.17) is 11.6 Å². The minimum atomic E-state index is 0.596. The van der Waals surface area contributed by atoms with Crippen LogP contribution in [0.5, 0.6) is 0 Å². The molecule has 1 aliphatic heterocycles. The van der Waals surface area contributed by atoms with E-state index in [-0.39, 0.29) is 0 Å². The first-order chi connectivity index (χ1) is 9.69. The molecule has 0 saturated carbocycles. The van der Waals surface area contributed by atoms with Crippen molar-refractivity contribution in [3.05, 3.63) is 11.2 Å². The fourth-order valence-corrected chi connectivity index (χ4v) is 3.01. The van der Waals surface area contributed by atoms with Gasteiger partial charge in [-0.2, -0.15) is 4.98 Å². The van der Waals surface area contributed by atoms with Crippen LogP contribution >= 0.6 is 11.6 Å². The molecule has 1 aliphatic rings. The molecule has 1 saturated heterocycles. The van der Waals surface area contributed by atoms with Gasteiger partial charge in [-0.15, -0.1) is 0 Å². The van der Waals surface area contributed by atoms with Crippen molar-refractivity contribution in [3.63, 3.8) is 0 Å². The van der Waals surface area contributed by atoms with Crippen LogP contribution in [0.15, 0.2) is 6.20 Å². The highest BCUT2D eigenvalue weighted by molar-refractivity contribution is 6.32. The lowest BCUT2D eigenvalue weighted by Gasteiger charge is -2.26. The molecule has 20 heavy (non-hydrogen) atoms. The van der Waals surface area contributed by atoms with Gasteiger partial charge in [-0.25, -0.2) is 4.98 Å². The van der Waals surface area contributed by atoms with Crippen LogP contribution in [-0.2, 0) is 0 Å². The van der Waals surface area contributed by atoms with Crippen molar-refractivity contribution in [2.24, 2.45) is 0 Å². The first-order valence-electron chi connectivity index (χ1n) is 7.44. The zero-order valence-corrected chi connectivity index (χ0v) is 13.3. The van der Waals surface area contributed by atoms with Gasteiger partial charge in [-0.05, 0) is 26.4 Å². The van der Waals surface area contributed by atoms with Gasteiger partial charge < -0.3 is 10.2 Å². The van der Waals surface area contributed by atoms with Gasteiger partial charge >= 0.3 is 0 Å². The third-order valence-electron chi connectivity index (χ3n) is 3.85. The topological polar surface area (TPSA) is 44.3 Å². The van der Waals surface area contributed by atoms with E-state index in [1.807, 2.05) is 6.92 Å². The highest BCUT2D eigenvalue weighted by Gasteiger charge is 2.28. The second-order valence-corrected chi connectivity index (χ2v) is 5.41. The average Bonchev–Trinajstić information content (AvgIpc) is 2.92. The summed E-state index contributed by atoms with van der Waals surface area (Å²) in [6.07, 6.45) is 2.85. The van der Waals surface area contributed by atoms with Gasteiger partial charge in [-0.1, -0.05) is 25.4 Å². The van der Waals surface area contributed by atoms with E-state index in [1.165, 1.54) is 6.42 Å². The van der Waals surface area contributed by atoms with E-state index < -0.39 is 0 Å². The Bertz CT molecular complexity index is 436. The van der Waals surface area contributed by atoms with Crippen LogP contribution in [0.25, 0.3) is 0 Å². The molecule has 2 rings (SSSR count). The van der Waals surface area contributed by atoms with Crippen LogP contribution in [0.1, 0.15) is 27.2 Å². The fraction of sp³-hybridized carbons (Fsp3) is 0.714. The predicted octanol–water partition coefficient (Wildman–Crippen LogP) is 2.48. The molecule has 6 heteroatoms. The van der Waals surface area contributed by atoms with E-state index >= 15 is 0 Å². The molecule has 0 bridgehead atoms. The number of hydrogen-bond acceptors (Lipinski definition) is 5. The average molecular weight is 298 g/mol. The molecular weight excluding hydrogens is 274 g/mol. The smallest absolute Gasteiger partial charge is 0.224 e. The van der Waals surface area contributed by atoms with Crippen molar-refractivity contribution in [1.29, 1.82) is 0 Å². The summed E-state index contributed by atoms with van der Waals surface area (Å²) < 4.78 is 0. The second kappa shape index (κ2) is 7.09. The van der Waals surface area contributed by atoms with Crippen LogP contribution in [0.3, 0.4) is 0 Å². The zero-order chi connectivity index (χ0) is 14.5. The maximum atomic E-state index is 6.26. The van der Waals surface area contributed by atoms with Gasteiger partial charge in [0.25, 0.3) is 0 Å². The van der Waals surface area contributed by atoms with Gasteiger partial charge in [-0.3, -0.25) is 4.90 Å². The first kappa shape index (κ1) is 15.3. The van der Waals surface area contributed by atoms with Crippen LogP contribution < -0.4 is 10.2 Å². The molecule has 0 aromatic carbocycles. The zero-order valence-electron chi connectivity index (χ0n) is 12.6. The van der Waals surface area contributed by atoms with Crippen molar-refractivity contribution < 1.29 is 0 Å². The van der Waals surface area contributed by atoms with E-state index in [9.17, 15) is 0 Å². The molecule has 5 nitrogen and oxygen atoms in total. The molecule has 0 aliphatic carbocycles. The minimum Gasteiger partial charge on any atom is -0.354 e. The maximum absolute atomic E-state index is 6.26. The molecule has 2 heterocycles. The summed E-state index contributed by atoms with van der Waals surface area (Å²) in [5.74, 6) is 1.51. The van der Waals surface area contributed by atoms with Crippen molar-refractivity contribution in [3.8, 4) is 0 Å². The molecule has 1 fully saturated rings. The Morgan fingerprint density at radius 1 is 1.40 bits per heavy atom. The first-order valence-corrected chi connectivity index (χ1v) is 7.82. The SMILES string of the molecule is CCNc1ncc(Cl)c(N2CCC(N(CC)CC)C2)n1. The van der Waals surface area contributed by atoms with Crippen LogP contribution in [-0.4, -0.2) is 53.6 Å². The Hall–Kier alpha value is -1.07. The summed E-state index contributed by atoms with van der Waals surface area (Å²) in [6.45, 7) is 11.4. The van der Waals surface area contributed by atoms with Gasteiger partial charge in [0.05, 0.1) is 6.20 Å². The van der Waals surface area contributed by atoms with Crippen molar-refractivity contribution in [2.75, 3.05) is 42.9 Å². The number of anilines is 2. The second-order valence-electron chi connectivity index (χ2n) is 5.01. The van der Waals surface area contributed by atoms with Gasteiger partial charge in [0.2, 0.25) is 5.95 Å². The molecule has 1 N–H and O–H groups in total. The Morgan fingerprint density at radius 3 is 2.80 bits per heavy atom. The molecule has 1 unspecified atom stereocenters. The number of hydrogen-bond donors (Lipinski definition) is 1. The van der Waals surface area contributed by atoms with Crippen molar-refractivity contribution in [1.82, 2.24) is 14.9 Å². The predicted molar refractivity (Wildman–Crippen MR) is 84.7 cm³/mol. The van der Waals surface area contributed by atoms with E-state index in [1.54, 1.807) is 6.20 Å². The number of nitrogens with one attached hydrogen (secondary N) is 1. The van der Waals surface area contributed by atoms with Gasteiger partial charge in [0, 0.05) is 25.7 Å². The number of nitrogens with zero attached hydrogens (tertiary/aromatic N) is 4. The van der Waals surface area contributed by atoms with Crippen molar-refractivity contribution in [2.45, 2.75) is 33.2 Å². The highest BCUT2D eigenvalue weighted by Crippen LogP contribution is 2.28. The monoisotopic (exact) mass is 297 g/mol. The summed E-state index contributed by atoms with van der Waals surface area (Å²) in [7, 11) is 0. The van der Waals surface area contributed by atoms with E-state index in [0.29, 0.717) is 17.0 Å². The van der Waals surface area contributed by atoms with E-state index in [2.05, 4.69) is 38.9 Å². The quantitative estimate of drug-likeness (QED) is 0.874. The molecular formula is C14H24ClN5. The minimum absolute atomic E-state index is 0.596. The summed E-state index contributed by atoms with van der Waals surface area (Å²) in [5, 5.41) is 3.77. The number of rotatable bonds is 6. The van der Waals surface area contributed by atoms with E-state index in [0.717, 1.165) is 38.5 Å². The number of halogens is 1. The summed E-state index contributed by atoms with van der Waals surface area (Å²) in [5.41, 5.74) is 0. The summed E-state index contributed by atoms with van der Waals surface area (Å²) in [4.78, 5) is 13.5. The molecule has 1 aromatic rings. The maximum Gasteiger partial charge on any atom is 0.224 e. The molecule has 1 atom stereocenters. The lowest BCUT2D eigenvalue weighted by Crippen LogP contribution is -2.37. The Morgan fingerprint density at radius 2 is 2.15 bits per heavy atom. The van der Waals surface area contributed by atoms with Crippen molar-refractivity contribution >= 4 is 23.4 Å². The molecule has 0 spiro atoms. The highest BCUT2D eigenvalue weighted by atomic mass is 35.5. The lowest BCUT2D eigenvalue weighted by molar-refractivity contribution is 0.232. The molecule has 1 aromatic heterocycles. The Kier molecular flexibility index (Phi) is 5.43. The number of aromatic nitrogens is 2. The largest absolute Gasteiger partial charge is 0.354 e. The molecule has 0 amide bonds. The summed E-state index contributed by atoms with van der Waals surface area (Å²) >= 11 is 6.26. The summed E-state index contributed by atoms with van der Waals surface area (Å²) in [6, 6.07) is 0.596. The number of likely N-dealkylation sites (N-methyl/N-ethyl adjacent to an activating group) is 1. The Labute approximate surface area is 126 Å².